The molecule has 1 atom stereocenters. The summed E-state index contributed by atoms with van der Waals surface area (Å²) in [7, 11) is 0. The number of unbranched alkanes of at least 4 members (excludes halogenated alkanes) is 6. The molecule has 0 radical (unpaired) electrons. The summed E-state index contributed by atoms with van der Waals surface area (Å²) in [5, 5.41) is 10.2. The third-order valence-electron chi connectivity index (χ3n) is 3.83. The van der Waals surface area contributed by atoms with E-state index in [4.69, 9.17) is 0 Å². The number of rotatable bonds is 8. The zero-order valence-electron chi connectivity index (χ0n) is 12.3. The van der Waals surface area contributed by atoms with Gasteiger partial charge in [-0.1, -0.05) is 58.1 Å². The van der Waals surface area contributed by atoms with Gasteiger partial charge < -0.3 is 5.11 Å². The average molecular weight is 250 g/mol. The fourth-order valence-corrected chi connectivity index (χ4v) is 2.58. The van der Waals surface area contributed by atoms with Crippen molar-refractivity contribution in [1.29, 1.82) is 0 Å². The van der Waals surface area contributed by atoms with Crippen LogP contribution in [0, 0.1) is 0 Å². The summed E-state index contributed by atoms with van der Waals surface area (Å²) in [5.74, 6) is 0. The Morgan fingerprint density at radius 1 is 0.889 bits per heavy atom. The van der Waals surface area contributed by atoms with Crippen LogP contribution < -0.4 is 0 Å². The van der Waals surface area contributed by atoms with Crippen LogP contribution in [0.4, 0.5) is 0 Å². The zero-order chi connectivity index (χ0) is 13.2. The predicted molar refractivity (Wildman–Crippen MR) is 79.7 cm³/mol. The van der Waals surface area contributed by atoms with Gasteiger partial charge in [0.25, 0.3) is 0 Å². The normalized spacial score (nSPS) is 24.3. The lowest BCUT2D eigenvalue weighted by molar-refractivity contribution is 0.254. The highest BCUT2D eigenvalue weighted by molar-refractivity contribution is 5.30. The van der Waals surface area contributed by atoms with E-state index in [1.54, 1.807) is 0 Å². The van der Waals surface area contributed by atoms with E-state index < -0.39 is 0 Å². The van der Waals surface area contributed by atoms with Gasteiger partial charge in [0, 0.05) is 0 Å². The zero-order valence-corrected chi connectivity index (χ0v) is 12.3. The van der Waals surface area contributed by atoms with Crippen LogP contribution in [0.2, 0.25) is 0 Å². The summed E-state index contributed by atoms with van der Waals surface area (Å²) < 4.78 is 0. The molecule has 0 spiro atoms. The van der Waals surface area contributed by atoms with Crippen molar-refractivity contribution in [3.05, 3.63) is 23.3 Å². The second kappa shape index (κ2) is 9.38. The molecule has 1 rings (SSSR count). The van der Waals surface area contributed by atoms with Crippen molar-refractivity contribution in [2.45, 2.75) is 84.2 Å². The van der Waals surface area contributed by atoms with Gasteiger partial charge in [-0.2, -0.15) is 0 Å². The minimum atomic E-state index is -0.256. The van der Waals surface area contributed by atoms with Crippen LogP contribution in [-0.2, 0) is 0 Å². The van der Waals surface area contributed by atoms with Crippen LogP contribution in [0.5, 0.6) is 0 Å². The fourth-order valence-electron chi connectivity index (χ4n) is 2.58. The smallest absolute Gasteiger partial charge is 0.0961 e. The standard InChI is InChI=1S/C17H30O/c1-3-5-7-8-10-12-16-14-13-15(17(16)18)11-9-6-4-2/h11-12,17-18H,3-10,13-14H2,1-2H3/b15-11+,16-12-. The van der Waals surface area contributed by atoms with Gasteiger partial charge in [0.05, 0.1) is 6.10 Å². The minimum Gasteiger partial charge on any atom is -0.384 e. The lowest BCUT2D eigenvalue weighted by Gasteiger charge is -2.07. The topological polar surface area (TPSA) is 20.2 Å². The predicted octanol–water partition coefficient (Wildman–Crippen LogP) is 5.15. The first-order chi connectivity index (χ1) is 8.79. The van der Waals surface area contributed by atoms with Crippen LogP contribution in [0.15, 0.2) is 23.3 Å². The molecular formula is C17H30O. The molecule has 0 bridgehead atoms. The van der Waals surface area contributed by atoms with Gasteiger partial charge in [0.2, 0.25) is 0 Å². The lowest BCUT2D eigenvalue weighted by Crippen LogP contribution is -2.05. The van der Waals surface area contributed by atoms with E-state index in [1.165, 1.54) is 49.7 Å². The van der Waals surface area contributed by atoms with Gasteiger partial charge in [-0.15, -0.1) is 0 Å². The molecule has 1 fully saturated rings. The van der Waals surface area contributed by atoms with Crippen molar-refractivity contribution in [2.24, 2.45) is 0 Å². The number of aliphatic hydroxyl groups excluding tert-OH is 1. The van der Waals surface area contributed by atoms with Crippen molar-refractivity contribution in [3.63, 3.8) is 0 Å². The summed E-state index contributed by atoms with van der Waals surface area (Å²) in [4.78, 5) is 0. The van der Waals surface area contributed by atoms with Crippen molar-refractivity contribution in [2.75, 3.05) is 0 Å². The first-order valence-electron chi connectivity index (χ1n) is 7.85. The van der Waals surface area contributed by atoms with Gasteiger partial charge in [-0.05, 0) is 43.3 Å². The number of aliphatic hydroxyl groups is 1. The maximum absolute atomic E-state index is 10.2. The molecule has 0 aromatic carbocycles. The summed E-state index contributed by atoms with van der Waals surface area (Å²) in [6.07, 6.45) is 16.5. The van der Waals surface area contributed by atoms with Crippen LogP contribution in [0.3, 0.4) is 0 Å². The third kappa shape index (κ3) is 5.39. The van der Waals surface area contributed by atoms with E-state index in [0.29, 0.717) is 0 Å². The largest absolute Gasteiger partial charge is 0.384 e. The van der Waals surface area contributed by atoms with E-state index in [9.17, 15) is 5.11 Å². The molecule has 1 aliphatic carbocycles. The Hall–Kier alpha value is -0.560. The SMILES string of the molecule is CCCC/C=C1\CC/C(=C/CCCCCC)C1O. The number of hydrogen-bond donors (Lipinski definition) is 1. The maximum atomic E-state index is 10.2. The molecule has 104 valence electrons. The molecule has 0 aromatic heterocycles. The lowest BCUT2D eigenvalue weighted by atomic mass is 10.1. The average Bonchev–Trinajstić information content (AvgIpc) is 2.71. The highest BCUT2D eigenvalue weighted by Crippen LogP contribution is 2.31. The Morgan fingerprint density at radius 3 is 2.00 bits per heavy atom. The molecule has 1 nitrogen and oxygen atoms in total. The van der Waals surface area contributed by atoms with Crippen LogP contribution in [0.25, 0.3) is 0 Å². The highest BCUT2D eigenvalue weighted by atomic mass is 16.3. The fraction of sp³-hybridized carbons (Fsp3) is 0.765. The minimum absolute atomic E-state index is 0.256. The Labute approximate surface area is 113 Å². The number of hydrogen-bond acceptors (Lipinski definition) is 1. The van der Waals surface area contributed by atoms with E-state index in [-0.39, 0.29) is 6.10 Å². The summed E-state index contributed by atoms with van der Waals surface area (Å²) in [6.45, 7) is 4.46. The molecule has 1 heteroatoms. The van der Waals surface area contributed by atoms with Crippen LogP contribution in [0.1, 0.15) is 78.1 Å². The van der Waals surface area contributed by atoms with E-state index in [0.717, 1.165) is 25.7 Å². The van der Waals surface area contributed by atoms with Gasteiger partial charge in [-0.25, -0.2) is 0 Å². The molecule has 18 heavy (non-hydrogen) atoms. The van der Waals surface area contributed by atoms with E-state index in [1.807, 2.05) is 0 Å². The van der Waals surface area contributed by atoms with Gasteiger partial charge in [-0.3, -0.25) is 0 Å². The second-order valence-corrected chi connectivity index (χ2v) is 5.45. The van der Waals surface area contributed by atoms with E-state index in [2.05, 4.69) is 26.0 Å². The Morgan fingerprint density at radius 2 is 1.44 bits per heavy atom. The molecule has 0 heterocycles. The molecule has 0 aliphatic heterocycles. The molecule has 0 aromatic rings. The number of allylic oxidation sites excluding steroid dienone is 2. The Bertz CT molecular complexity index is 275. The van der Waals surface area contributed by atoms with E-state index >= 15 is 0 Å². The molecule has 1 unspecified atom stereocenters. The summed E-state index contributed by atoms with van der Waals surface area (Å²) >= 11 is 0. The monoisotopic (exact) mass is 250 g/mol. The van der Waals surface area contributed by atoms with Crippen molar-refractivity contribution >= 4 is 0 Å². The molecule has 1 saturated carbocycles. The van der Waals surface area contributed by atoms with Gasteiger partial charge >= 0.3 is 0 Å². The third-order valence-corrected chi connectivity index (χ3v) is 3.83. The quantitative estimate of drug-likeness (QED) is 0.466. The van der Waals surface area contributed by atoms with Crippen molar-refractivity contribution < 1.29 is 5.11 Å². The molecule has 0 amide bonds. The summed E-state index contributed by atoms with van der Waals surface area (Å²) in [6, 6.07) is 0. The molecule has 1 aliphatic rings. The second-order valence-electron chi connectivity index (χ2n) is 5.45. The van der Waals surface area contributed by atoms with Crippen molar-refractivity contribution in [3.8, 4) is 0 Å². The molecule has 1 N–H and O–H groups in total. The molecule has 0 saturated heterocycles. The van der Waals surface area contributed by atoms with Crippen LogP contribution in [-0.4, -0.2) is 11.2 Å². The highest BCUT2D eigenvalue weighted by Gasteiger charge is 2.22. The first kappa shape index (κ1) is 15.5. The van der Waals surface area contributed by atoms with Gasteiger partial charge in [0.15, 0.2) is 0 Å². The van der Waals surface area contributed by atoms with Crippen molar-refractivity contribution in [1.82, 2.24) is 0 Å². The Balaban J connectivity index is 2.31. The Kier molecular flexibility index (Phi) is 8.08. The van der Waals surface area contributed by atoms with Crippen LogP contribution >= 0.6 is 0 Å². The maximum Gasteiger partial charge on any atom is 0.0961 e. The summed E-state index contributed by atoms with van der Waals surface area (Å²) in [5.41, 5.74) is 2.54. The van der Waals surface area contributed by atoms with Gasteiger partial charge in [0.1, 0.15) is 0 Å². The first-order valence-corrected chi connectivity index (χ1v) is 7.85. The molecular weight excluding hydrogens is 220 g/mol.